The van der Waals surface area contributed by atoms with E-state index in [1.807, 2.05) is 0 Å². The molecule has 0 radical (unpaired) electrons. The van der Waals surface area contributed by atoms with E-state index in [1.54, 1.807) is 0 Å². The van der Waals surface area contributed by atoms with Crippen molar-refractivity contribution in [3.8, 4) is 0 Å². The molecule has 5 heteroatoms. The number of nitrogens with two attached hydrogens (primary N) is 1. The van der Waals surface area contributed by atoms with Crippen LogP contribution in [0.4, 0.5) is 0 Å². The van der Waals surface area contributed by atoms with E-state index < -0.39 is 5.54 Å². The molecule has 1 aliphatic carbocycles. The molecule has 0 spiro atoms. The molecule has 19 heavy (non-hydrogen) atoms. The third-order valence-corrected chi connectivity index (χ3v) is 4.61. The molecule has 1 saturated heterocycles. The maximum Gasteiger partial charge on any atom is 0.327 e. The molecule has 2 rings (SSSR count). The van der Waals surface area contributed by atoms with Gasteiger partial charge in [-0.1, -0.05) is 6.92 Å². The molecule has 2 fully saturated rings. The van der Waals surface area contributed by atoms with Gasteiger partial charge in [-0.3, -0.25) is 14.6 Å². The molecular weight excluding hydrogens is 242 g/mol. The molecule has 110 valence electrons. The second kappa shape index (κ2) is 5.77. The highest BCUT2D eigenvalue weighted by molar-refractivity contribution is 5.81. The van der Waals surface area contributed by atoms with Crippen LogP contribution in [0, 0.1) is 5.92 Å². The van der Waals surface area contributed by atoms with Crippen molar-refractivity contribution in [1.29, 1.82) is 0 Å². The molecule has 0 aromatic rings. The standard InChI is InChI=1S/C14H27N3O2/c1-4-17-8-7-16(9-11(17)2)10-14(15,12-5-6-12)13(18)19-3/h11-12H,4-10,15H2,1-3H3. The van der Waals surface area contributed by atoms with Crippen molar-refractivity contribution in [1.82, 2.24) is 9.80 Å². The first-order chi connectivity index (χ1) is 9.01. The van der Waals surface area contributed by atoms with Gasteiger partial charge < -0.3 is 10.5 Å². The van der Waals surface area contributed by atoms with Gasteiger partial charge in [0.1, 0.15) is 5.54 Å². The topological polar surface area (TPSA) is 58.8 Å². The second-order valence-corrected chi connectivity index (χ2v) is 6.02. The number of nitrogens with zero attached hydrogens (tertiary/aromatic N) is 2. The fraction of sp³-hybridized carbons (Fsp3) is 0.929. The van der Waals surface area contributed by atoms with Crippen LogP contribution in [0.5, 0.6) is 0 Å². The van der Waals surface area contributed by atoms with Crippen LogP contribution in [0.2, 0.25) is 0 Å². The summed E-state index contributed by atoms with van der Waals surface area (Å²) in [5.74, 6) is 0.0556. The van der Waals surface area contributed by atoms with Crippen LogP contribution in [0.15, 0.2) is 0 Å². The molecule has 2 N–H and O–H groups in total. The Hall–Kier alpha value is -0.650. The minimum Gasteiger partial charge on any atom is -0.468 e. The van der Waals surface area contributed by atoms with Crippen molar-refractivity contribution in [3.63, 3.8) is 0 Å². The minimum absolute atomic E-state index is 0.249. The summed E-state index contributed by atoms with van der Waals surface area (Å²) >= 11 is 0. The minimum atomic E-state index is -0.803. The summed E-state index contributed by atoms with van der Waals surface area (Å²) in [6.07, 6.45) is 2.10. The van der Waals surface area contributed by atoms with Crippen molar-refractivity contribution in [2.45, 2.75) is 38.3 Å². The number of hydrogen-bond donors (Lipinski definition) is 1. The Morgan fingerprint density at radius 2 is 2.11 bits per heavy atom. The van der Waals surface area contributed by atoms with E-state index >= 15 is 0 Å². The summed E-state index contributed by atoms with van der Waals surface area (Å²) in [5.41, 5.74) is 5.57. The molecular formula is C14H27N3O2. The van der Waals surface area contributed by atoms with Gasteiger partial charge in [0, 0.05) is 32.2 Å². The average Bonchev–Trinajstić information content (AvgIpc) is 3.22. The first kappa shape index (κ1) is 14.8. The van der Waals surface area contributed by atoms with Crippen LogP contribution < -0.4 is 5.73 Å². The largest absolute Gasteiger partial charge is 0.468 e. The van der Waals surface area contributed by atoms with Gasteiger partial charge in [0.05, 0.1) is 7.11 Å². The van der Waals surface area contributed by atoms with Gasteiger partial charge in [-0.15, -0.1) is 0 Å². The van der Waals surface area contributed by atoms with E-state index in [1.165, 1.54) is 7.11 Å². The molecule has 0 bridgehead atoms. The Bertz CT molecular complexity index is 333. The molecule has 2 unspecified atom stereocenters. The highest BCUT2D eigenvalue weighted by atomic mass is 16.5. The van der Waals surface area contributed by atoms with Gasteiger partial charge >= 0.3 is 5.97 Å². The highest BCUT2D eigenvalue weighted by Gasteiger charge is 2.50. The third-order valence-electron chi connectivity index (χ3n) is 4.61. The van der Waals surface area contributed by atoms with Gasteiger partial charge in [-0.25, -0.2) is 0 Å². The van der Waals surface area contributed by atoms with E-state index in [4.69, 9.17) is 10.5 Å². The third kappa shape index (κ3) is 3.09. The molecule has 2 atom stereocenters. The van der Waals surface area contributed by atoms with Crippen molar-refractivity contribution >= 4 is 5.97 Å². The number of piperazine rings is 1. The summed E-state index contributed by atoms with van der Waals surface area (Å²) in [4.78, 5) is 16.8. The van der Waals surface area contributed by atoms with Crippen molar-refractivity contribution in [2.24, 2.45) is 11.7 Å². The normalized spacial score (nSPS) is 28.9. The SMILES string of the molecule is CCN1CCN(CC(N)(C(=O)OC)C2CC2)CC1C. The lowest BCUT2D eigenvalue weighted by Crippen LogP contribution is -2.62. The Morgan fingerprint density at radius 1 is 1.42 bits per heavy atom. The Balaban J connectivity index is 1.97. The summed E-state index contributed by atoms with van der Waals surface area (Å²) in [6, 6.07) is 0.528. The summed E-state index contributed by atoms with van der Waals surface area (Å²) in [7, 11) is 1.43. The van der Waals surface area contributed by atoms with Crippen molar-refractivity contribution < 1.29 is 9.53 Å². The Kier molecular flexibility index (Phi) is 4.48. The lowest BCUT2D eigenvalue weighted by molar-refractivity contribution is -0.149. The van der Waals surface area contributed by atoms with Crippen LogP contribution in [-0.4, -0.2) is 67.2 Å². The first-order valence-corrected chi connectivity index (χ1v) is 7.35. The van der Waals surface area contributed by atoms with Crippen LogP contribution >= 0.6 is 0 Å². The molecule has 1 heterocycles. The van der Waals surface area contributed by atoms with E-state index in [0.717, 1.165) is 39.0 Å². The van der Waals surface area contributed by atoms with E-state index in [-0.39, 0.29) is 5.97 Å². The summed E-state index contributed by atoms with van der Waals surface area (Å²) in [6.45, 7) is 9.17. The lowest BCUT2D eigenvalue weighted by Gasteiger charge is -2.42. The first-order valence-electron chi connectivity index (χ1n) is 7.35. The van der Waals surface area contributed by atoms with Crippen LogP contribution in [0.1, 0.15) is 26.7 Å². The number of carbonyl (C=O) groups excluding carboxylic acids is 1. The van der Waals surface area contributed by atoms with Crippen LogP contribution in [0.3, 0.4) is 0 Å². The number of esters is 1. The Labute approximate surface area is 116 Å². The van der Waals surface area contributed by atoms with E-state index in [0.29, 0.717) is 18.5 Å². The quantitative estimate of drug-likeness (QED) is 0.727. The van der Waals surface area contributed by atoms with Crippen LogP contribution in [-0.2, 0) is 9.53 Å². The zero-order chi connectivity index (χ0) is 14.0. The van der Waals surface area contributed by atoms with Crippen LogP contribution in [0.25, 0.3) is 0 Å². The summed E-state index contributed by atoms with van der Waals surface area (Å²) in [5, 5.41) is 0. The van der Waals surface area contributed by atoms with E-state index in [9.17, 15) is 4.79 Å². The lowest BCUT2D eigenvalue weighted by atomic mass is 9.93. The maximum absolute atomic E-state index is 12.0. The number of likely N-dealkylation sites (N-methyl/N-ethyl adjacent to an activating group) is 1. The molecule has 0 aromatic carbocycles. The predicted octanol–water partition coefficient (Wildman–Crippen LogP) is 0.293. The van der Waals surface area contributed by atoms with Gasteiger partial charge in [0.25, 0.3) is 0 Å². The fourth-order valence-electron chi connectivity index (χ4n) is 3.20. The fourth-order valence-corrected chi connectivity index (χ4v) is 3.20. The van der Waals surface area contributed by atoms with Gasteiger partial charge in [-0.2, -0.15) is 0 Å². The number of methoxy groups -OCH3 is 1. The number of rotatable bonds is 5. The van der Waals surface area contributed by atoms with Crippen molar-refractivity contribution in [2.75, 3.05) is 39.8 Å². The second-order valence-electron chi connectivity index (χ2n) is 6.02. The van der Waals surface area contributed by atoms with Gasteiger partial charge in [0.15, 0.2) is 0 Å². The number of carbonyl (C=O) groups is 1. The molecule has 0 amide bonds. The molecule has 1 aliphatic heterocycles. The number of ether oxygens (including phenoxy) is 1. The highest BCUT2D eigenvalue weighted by Crippen LogP contribution is 2.39. The molecule has 1 saturated carbocycles. The van der Waals surface area contributed by atoms with Gasteiger partial charge in [-0.05, 0) is 32.2 Å². The monoisotopic (exact) mass is 269 g/mol. The molecule has 5 nitrogen and oxygen atoms in total. The number of hydrogen-bond acceptors (Lipinski definition) is 5. The zero-order valence-electron chi connectivity index (χ0n) is 12.4. The zero-order valence-corrected chi connectivity index (χ0v) is 12.4. The maximum atomic E-state index is 12.0. The molecule has 2 aliphatic rings. The predicted molar refractivity (Wildman–Crippen MR) is 74.8 cm³/mol. The van der Waals surface area contributed by atoms with E-state index in [2.05, 4.69) is 23.6 Å². The Morgan fingerprint density at radius 3 is 2.58 bits per heavy atom. The van der Waals surface area contributed by atoms with Crippen molar-refractivity contribution in [3.05, 3.63) is 0 Å². The van der Waals surface area contributed by atoms with Gasteiger partial charge in [0.2, 0.25) is 0 Å². The average molecular weight is 269 g/mol. The summed E-state index contributed by atoms with van der Waals surface area (Å²) < 4.78 is 4.93. The molecule has 0 aromatic heterocycles. The smallest absolute Gasteiger partial charge is 0.327 e.